The van der Waals surface area contributed by atoms with Crippen molar-refractivity contribution in [1.82, 2.24) is 9.55 Å². The first kappa shape index (κ1) is 11.7. The summed E-state index contributed by atoms with van der Waals surface area (Å²) >= 11 is 0. The van der Waals surface area contributed by atoms with Crippen LogP contribution in [0.15, 0.2) is 42.5 Å². The number of phenols is 1. The molecule has 1 aromatic heterocycles. The first-order valence-electron chi connectivity index (χ1n) is 6.15. The fourth-order valence-electron chi connectivity index (χ4n) is 2.29. The molecule has 0 radical (unpaired) electrons. The SMILES string of the molecule is CCn1c(-c2ccccc2O)nc2cc(F)ccc21. The number of fused-ring (bicyclic) bond motifs is 1. The van der Waals surface area contributed by atoms with Crippen LogP contribution in [0.5, 0.6) is 5.75 Å². The first-order valence-corrected chi connectivity index (χ1v) is 6.15. The van der Waals surface area contributed by atoms with E-state index in [0.29, 0.717) is 23.4 Å². The van der Waals surface area contributed by atoms with Gasteiger partial charge in [0.2, 0.25) is 0 Å². The molecule has 0 aliphatic rings. The molecule has 0 unspecified atom stereocenters. The second-order valence-corrected chi connectivity index (χ2v) is 4.33. The van der Waals surface area contributed by atoms with Crippen molar-refractivity contribution in [2.24, 2.45) is 0 Å². The van der Waals surface area contributed by atoms with Crippen LogP contribution in [-0.4, -0.2) is 14.7 Å². The third-order valence-electron chi connectivity index (χ3n) is 3.17. The van der Waals surface area contributed by atoms with Crippen molar-refractivity contribution in [2.75, 3.05) is 0 Å². The van der Waals surface area contributed by atoms with Crippen LogP contribution < -0.4 is 0 Å². The van der Waals surface area contributed by atoms with E-state index in [2.05, 4.69) is 4.98 Å². The lowest BCUT2D eigenvalue weighted by Gasteiger charge is -2.07. The highest BCUT2D eigenvalue weighted by Gasteiger charge is 2.14. The van der Waals surface area contributed by atoms with Crippen molar-refractivity contribution in [3.8, 4) is 17.1 Å². The Morgan fingerprint density at radius 3 is 2.74 bits per heavy atom. The van der Waals surface area contributed by atoms with Crippen molar-refractivity contribution < 1.29 is 9.50 Å². The maximum absolute atomic E-state index is 13.3. The van der Waals surface area contributed by atoms with Gasteiger partial charge in [-0.2, -0.15) is 0 Å². The molecule has 3 aromatic rings. The number of imidazole rings is 1. The molecular weight excluding hydrogens is 243 g/mol. The third kappa shape index (κ3) is 1.85. The van der Waals surface area contributed by atoms with Gasteiger partial charge < -0.3 is 9.67 Å². The molecule has 3 rings (SSSR count). The average Bonchev–Trinajstić information content (AvgIpc) is 2.76. The van der Waals surface area contributed by atoms with Gasteiger partial charge in [-0.15, -0.1) is 0 Å². The van der Waals surface area contributed by atoms with Gasteiger partial charge in [0.05, 0.1) is 16.6 Å². The first-order chi connectivity index (χ1) is 9.20. The lowest BCUT2D eigenvalue weighted by Crippen LogP contribution is -1.97. The Labute approximate surface area is 109 Å². The summed E-state index contributed by atoms with van der Waals surface area (Å²) in [5.41, 5.74) is 2.11. The predicted molar refractivity (Wildman–Crippen MR) is 72.5 cm³/mol. The number of halogens is 1. The van der Waals surface area contributed by atoms with Crippen molar-refractivity contribution in [3.63, 3.8) is 0 Å². The van der Waals surface area contributed by atoms with E-state index in [1.807, 2.05) is 17.6 Å². The Morgan fingerprint density at radius 1 is 1.21 bits per heavy atom. The van der Waals surface area contributed by atoms with Gasteiger partial charge in [-0.1, -0.05) is 12.1 Å². The molecule has 0 bridgehead atoms. The number of hydrogen-bond acceptors (Lipinski definition) is 2. The van der Waals surface area contributed by atoms with Crippen molar-refractivity contribution in [3.05, 3.63) is 48.3 Å². The van der Waals surface area contributed by atoms with Crippen molar-refractivity contribution in [2.45, 2.75) is 13.5 Å². The number of aromatic hydroxyl groups is 1. The van der Waals surface area contributed by atoms with E-state index in [1.165, 1.54) is 12.1 Å². The van der Waals surface area contributed by atoms with Crippen LogP contribution in [0.2, 0.25) is 0 Å². The van der Waals surface area contributed by atoms with Crippen molar-refractivity contribution >= 4 is 11.0 Å². The summed E-state index contributed by atoms with van der Waals surface area (Å²) in [7, 11) is 0. The Kier molecular flexibility index (Phi) is 2.71. The zero-order valence-corrected chi connectivity index (χ0v) is 10.5. The minimum absolute atomic E-state index is 0.174. The zero-order chi connectivity index (χ0) is 13.4. The van der Waals surface area contributed by atoms with Crippen LogP contribution in [0.1, 0.15) is 6.92 Å². The molecule has 1 heterocycles. The number of rotatable bonds is 2. The summed E-state index contributed by atoms with van der Waals surface area (Å²) in [5.74, 6) is 0.520. The number of phenolic OH excluding ortho intramolecular Hbond substituents is 1. The fourth-order valence-corrected chi connectivity index (χ4v) is 2.29. The van der Waals surface area contributed by atoms with Crippen LogP contribution in [0.4, 0.5) is 4.39 Å². The largest absolute Gasteiger partial charge is 0.507 e. The molecule has 0 aliphatic heterocycles. The molecule has 4 heteroatoms. The normalized spacial score (nSPS) is 11.1. The van der Waals surface area contributed by atoms with E-state index in [4.69, 9.17) is 0 Å². The van der Waals surface area contributed by atoms with Crippen LogP contribution >= 0.6 is 0 Å². The smallest absolute Gasteiger partial charge is 0.144 e. The highest BCUT2D eigenvalue weighted by Crippen LogP contribution is 2.31. The Balaban J connectivity index is 2.32. The van der Waals surface area contributed by atoms with Crippen LogP contribution in [-0.2, 0) is 6.54 Å². The number of aryl methyl sites for hydroxylation is 1. The van der Waals surface area contributed by atoms with Crippen molar-refractivity contribution in [1.29, 1.82) is 0 Å². The molecule has 0 atom stereocenters. The average molecular weight is 256 g/mol. The molecule has 0 aliphatic carbocycles. The molecule has 3 nitrogen and oxygen atoms in total. The summed E-state index contributed by atoms with van der Waals surface area (Å²) < 4.78 is 15.2. The molecule has 0 saturated heterocycles. The maximum atomic E-state index is 13.3. The monoisotopic (exact) mass is 256 g/mol. The quantitative estimate of drug-likeness (QED) is 0.761. The molecular formula is C15H13FN2O. The van der Waals surface area contributed by atoms with E-state index in [0.717, 1.165) is 5.52 Å². The van der Waals surface area contributed by atoms with Gasteiger partial charge in [-0.05, 0) is 31.2 Å². The van der Waals surface area contributed by atoms with E-state index >= 15 is 0 Å². The fraction of sp³-hybridized carbons (Fsp3) is 0.133. The predicted octanol–water partition coefficient (Wildman–Crippen LogP) is 3.57. The molecule has 0 saturated carbocycles. The van der Waals surface area contributed by atoms with Crippen LogP contribution in [0.3, 0.4) is 0 Å². The van der Waals surface area contributed by atoms with Crippen LogP contribution in [0.25, 0.3) is 22.4 Å². The summed E-state index contributed by atoms with van der Waals surface area (Å²) in [6, 6.07) is 11.6. The topological polar surface area (TPSA) is 38.0 Å². The van der Waals surface area contributed by atoms with Gasteiger partial charge in [-0.3, -0.25) is 0 Å². The minimum atomic E-state index is -0.308. The van der Waals surface area contributed by atoms with Gasteiger partial charge in [0.1, 0.15) is 17.4 Å². The Hall–Kier alpha value is -2.36. The molecule has 2 aromatic carbocycles. The van der Waals surface area contributed by atoms with E-state index in [-0.39, 0.29) is 11.6 Å². The highest BCUT2D eigenvalue weighted by atomic mass is 19.1. The molecule has 0 amide bonds. The van der Waals surface area contributed by atoms with Gasteiger partial charge >= 0.3 is 0 Å². The summed E-state index contributed by atoms with van der Waals surface area (Å²) in [5, 5.41) is 9.94. The molecule has 19 heavy (non-hydrogen) atoms. The maximum Gasteiger partial charge on any atom is 0.144 e. The van der Waals surface area contributed by atoms with E-state index in [1.54, 1.807) is 24.3 Å². The number of aromatic nitrogens is 2. The number of para-hydroxylation sites is 1. The van der Waals surface area contributed by atoms with E-state index in [9.17, 15) is 9.50 Å². The minimum Gasteiger partial charge on any atom is -0.507 e. The number of hydrogen-bond donors (Lipinski definition) is 1. The van der Waals surface area contributed by atoms with Crippen LogP contribution in [0, 0.1) is 5.82 Å². The summed E-state index contributed by atoms with van der Waals surface area (Å²) in [4.78, 5) is 4.44. The lowest BCUT2D eigenvalue weighted by molar-refractivity contribution is 0.476. The van der Waals surface area contributed by atoms with Gasteiger partial charge in [0, 0.05) is 12.6 Å². The number of benzene rings is 2. The highest BCUT2D eigenvalue weighted by molar-refractivity contribution is 5.81. The molecule has 0 fully saturated rings. The van der Waals surface area contributed by atoms with Gasteiger partial charge in [0.25, 0.3) is 0 Å². The summed E-state index contributed by atoms with van der Waals surface area (Å²) in [6.07, 6.45) is 0. The van der Waals surface area contributed by atoms with E-state index < -0.39 is 0 Å². The lowest BCUT2D eigenvalue weighted by atomic mass is 10.2. The van der Waals surface area contributed by atoms with Gasteiger partial charge in [0.15, 0.2) is 0 Å². The van der Waals surface area contributed by atoms with Gasteiger partial charge in [-0.25, -0.2) is 9.37 Å². The standard InChI is InChI=1S/C15H13FN2O/c1-2-18-13-8-7-10(16)9-12(13)17-15(18)11-5-3-4-6-14(11)19/h3-9,19H,2H2,1H3. The molecule has 1 N–H and O–H groups in total. The molecule has 0 spiro atoms. The number of nitrogens with zero attached hydrogens (tertiary/aromatic N) is 2. The molecule has 96 valence electrons. The summed E-state index contributed by atoms with van der Waals surface area (Å²) in [6.45, 7) is 2.69. The second-order valence-electron chi connectivity index (χ2n) is 4.33. The third-order valence-corrected chi connectivity index (χ3v) is 3.17. The Morgan fingerprint density at radius 2 is 2.00 bits per heavy atom. The second kappa shape index (κ2) is 4.39. The zero-order valence-electron chi connectivity index (χ0n) is 10.5. The Bertz CT molecular complexity index is 749.